The average molecular weight is 485 g/mol. The van der Waals surface area contributed by atoms with Crippen molar-refractivity contribution in [3.8, 4) is 0 Å². The molecule has 9 heteroatoms. The highest BCUT2D eigenvalue weighted by Gasteiger charge is 2.67. The quantitative estimate of drug-likeness (QED) is 0.413. The molecule has 0 aromatic carbocycles. The van der Waals surface area contributed by atoms with Crippen LogP contribution in [0.3, 0.4) is 0 Å². The van der Waals surface area contributed by atoms with Crippen LogP contribution in [-0.2, 0) is 19.2 Å². The summed E-state index contributed by atoms with van der Waals surface area (Å²) in [6.07, 6.45) is 1.50. The van der Waals surface area contributed by atoms with Crippen LogP contribution in [0.5, 0.6) is 0 Å². The number of aliphatic hydroxyl groups excluding tert-OH is 2. The van der Waals surface area contributed by atoms with E-state index in [2.05, 4.69) is 0 Å². The van der Waals surface area contributed by atoms with Gasteiger partial charge in [0.25, 0.3) is 0 Å². The van der Waals surface area contributed by atoms with Crippen LogP contribution in [0.25, 0.3) is 0 Å². The van der Waals surface area contributed by atoms with E-state index in [-0.39, 0.29) is 17.8 Å². The van der Waals surface area contributed by atoms with Gasteiger partial charge in [0.15, 0.2) is 28.9 Å². The third-order valence-electron chi connectivity index (χ3n) is 7.97. The molecule has 0 saturated heterocycles. The monoisotopic (exact) mass is 484 g/mol. The fourth-order valence-corrected chi connectivity index (χ4v) is 6.22. The Morgan fingerprint density at radius 3 is 2.29 bits per heavy atom. The number of carbonyl (C=O) groups is 4. The number of nitrogens with zero attached hydrogens (tertiary/aromatic N) is 1. The van der Waals surface area contributed by atoms with Crippen molar-refractivity contribution in [2.75, 3.05) is 14.1 Å². The van der Waals surface area contributed by atoms with E-state index in [0.717, 1.165) is 0 Å². The second-order valence-electron chi connectivity index (χ2n) is 11.2. The van der Waals surface area contributed by atoms with Crippen molar-refractivity contribution in [3.63, 3.8) is 0 Å². The molecule has 4 aliphatic carbocycles. The molecular formula is C26H32N2O7. The van der Waals surface area contributed by atoms with Crippen molar-refractivity contribution in [2.24, 2.45) is 28.9 Å². The number of nitrogens with two attached hydrogens (primary N) is 1. The molecule has 188 valence electrons. The first-order valence-corrected chi connectivity index (χ1v) is 11.6. The van der Waals surface area contributed by atoms with Crippen LogP contribution in [0, 0.1) is 23.2 Å². The van der Waals surface area contributed by atoms with Gasteiger partial charge in [-0.1, -0.05) is 32.9 Å². The molecule has 0 radical (unpaired) electrons. The van der Waals surface area contributed by atoms with Gasteiger partial charge in [-0.2, -0.15) is 0 Å². The Labute approximate surface area is 203 Å². The third-order valence-corrected chi connectivity index (χ3v) is 7.97. The van der Waals surface area contributed by atoms with E-state index in [1.165, 1.54) is 4.90 Å². The molecule has 1 saturated carbocycles. The van der Waals surface area contributed by atoms with Crippen molar-refractivity contribution < 1.29 is 34.5 Å². The highest BCUT2D eigenvalue weighted by atomic mass is 16.4. The van der Waals surface area contributed by atoms with Crippen molar-refractivity contribution in [2.45, 2.75) is 51.9 Å². The van der Waals surface area contributed by atoms with Gasteiger partial charge in [0, 0.05) is 11.5 Å². The van der Waals surface area contributed by atoms with Crippen LogP contribution >= 0.6 is 0 Å². The summed E-state index contributed by atoms with van der Waals surface area (Å²) in [6.45, 7) is 7.45. The maximum atomic E-state index is 13.8. The smallest absolute Gasteiger partial charge is 0.235 e. The lowest BCUT2D eigenvalue weighted by molar-refractivity contribution is -0.182. The standard InChI is InChI=1S/C26H32N2O7/c1-10-11-7-8-13(25(2,3)4)19(29)15(11)20(30)16-12(10)9-14-18(28(5)6)21(31)17(24(27)34)23(33)26(14,35)22(16)32/h7-8,14-15,17-18,22,29,32,35H,9H2,1-6H3,(H2,27,34)/t14-,15?,17?,18-,22?,26-/m0/s1. The Morgan fingerprint density at radius 1 is 1.17 bits per heavy atom. The van der Waals surface area contributed by atoms with E-state index in [9.17, 15) is 34.5 Å². The summed E-state index contributed by atoms with van der Waals surface area (Å²) in [5.41, 5.74) is 4.35. The maximum absolute atomic E-state index is 13.8. The molecule has 0 heterocycles. The molecule has 1 amide bonds. The van der Waals surface area contributed by atoms with Gasteiger partial charge in [0.2, 0.25) is 5.91 Å². The van der Waals surface area contributed by atoms with Gasteiger partial charge in [-0.3, -0.25) is 24.1 Å². The zero-order chi connectivity index (χ0) is 26.4. The minimum absolute atomic E-state index is 0.0487. The summed E-state index contributed by atoms with van der Waals surface area (Å²) < 4.78 is 0. The molecule has 6 atom stereocenters. The van der Waals surface area contributed by atoms with E-state index < -0.39 is 64.2 Å². The Kier molecular flexibility index (Phi) is 5.63. The first-order valence-electron chi connectivity index (χ1n) is 11.6. The number of ketones is 3. The first kappa shape index (κ1) is 25.2. The second-order valence-corrected chi connectivity index (χ2v) is 11.2. The zero-order valence-corrected chi connectivity index (χ0v) is 20.7. The minimum Gasteiger partial charge on any atom is -0.511 e. The number of allylic oxidation sites excluding steroid dienone is 6. The SMILES string of the molecule is CC1=C2C=CC(C(C)(C)C)=C(O)C2C(=O)C2=C1C[C@H]1[C@H](N(C)C)C(=O)C(C(N)=O)C(=O)[C@@]1(O)C2O. The van der Waals surface area contributed by atoms with Gasteiger partial charge < -0.3 is 21.1 Å². The lowest BCUT2D eigenvalue weighted by atomic mass is 9.55. The fraction of sp³-hybridized carbons (Fsp3) is 0.538. The normalized spacial score (nSPS) is 35.5. The van der Waals surface area contributed by atoms with Crippen LogP contribution in [-0.4, -0.2) is 75.3 Å². The number of amides is 1. The van der Waals surface area contributed by atoms with Crippen molar-refractivity contribution >= 4 is 23.3 Å². The topological polar surface area (TPSA) is 158 Å². The molecule has 0 aromatic rings. The van der Waals surface area contributed by atoms with Crippen LogP contribution in [0.2, 0.25) is 0 Å². The van der Waals surface area contributed by atoms with E-state index in [1.807, 2.05) is 20.8 Å². The summed E-state index contributed by atoms with van der Waals surface area (Å²) >= 11 is 0. The molecule has 9 nitrogen and oxygen atoms in total. The third kappa shape index (κ3) is 3.25. The highest BCUT2D eigenvalue weighted by molar-refractivity contribution is 6.24. The number of fused-ring (bicyclic) bond motifs is 2. The predicted molar refractivity (Wildman–Crippen MR) is 126 cm³/mol. The van der Waals surface area contributed by atoms with E-state index in [1.54, 1.807) is 33.2 Å². The van der Waals surface area contributed by atoms with Gasteiger partial charge in [0.1, 0.15) is 17.8 Å². The molecule has 4 rings (SSSR count). The molecule has 0 aromatic heterocycles. The Balaban J connectivity index is 1.93. The minimum atomic E-state index is -2.58. The van der Waals surface area contributed by atoms with Gasteiger partial charge >= 0.3 is 0 Å². The summed E-state index contributed by atoms with van der Waals surface area (Å²) in [5, 5.41) is 34.2. The zero-order valence-electron chi connectivity index (χ0n) is 20.7. The highest BCUT2D eigenvalue weighted by Crippen LogP contribution is 2.52. The van der Waals surface area contributed by atoms with Crippen LogP contribution in [0.4, 0.5) is 0 Å². The Bertz CT molecular complexity index is 1200. The molecule has 3 unspecified atom stereocenters. The molecule has 0 aliphatic heterocycles. The maximum Gasteiger partial charge on any atom is 0.235 e. The fourth-order valence-electron chi connectivity index (χ4n) is 6.22. The summed E-state index contributed by atoms with van der Waals surface area (Å²) in [5.74, 6) is -8.04. The van der Waals surface area contributed by atoms with E-state index >= 15 is 0 Å². The largest absolute Gasteiger partial charge is 0.511 e. The molecule has 4 aliphatic rings. The number of Topliss-reactive ketones (excluding diaryl/α,β-unsaturated/α-hetero) is 3. The molecule has 1 fully saturated rings. The lowest BCUT2D eigenvalue weighted by Crippen LogP contribution is -2.73. The van der Waals surface area contributed by atoms with E-state index in [4.69, 9.17) is 5.73 Å². The molecular weight excluding hydrogens is 452 g/mol. The molecule has 35 heavy (non-hydrogen) atoms. The van der Waals surface area contributed by atoms with Crippen molar-refractivity contribution in [1.29, 1.82) is 0 Å². The molecule has 0 bridgehead atoms. The molecule has 0 spiro atoms. The van der Waals surface area contributed by atoms with Gasteiger partial charge in [-0.05, 0) is 55.1 Å². The van der Waals surface area contributed by atoms with Gasteiger partial charge in [-0.15, -0.1) is 0 Å². The number of hydrogen-bond acceptors (Lipinski definition) is 8. The van der Waals surface area contributed by atoms with Crippen molar-refractivity contribution in [3.05, 3.63) is 45.8 Å². The number of carbonyl (C=O) groups excluding carboxylic acids is 4. The Morgan fingerprint density at radius 2 is 1.77 bits per heavy atom. The van der Waals surface area contributed by atoms with Crippen LogP contribution in [0.1, 0.15) is 34.1 Å². The summed E-state index contributed by atoms with van der Waals surface area (Å²) in [6, 6.07) is -1.09. The van der Waals surface area contributed by atoms with E-state index in [0.29, 0.717) is 22.3 Å². The lowest BCUT2D eigenvalue weighted by Gasteiger charge is -2.53. The summed E-state index contributed by atoms with van der Waals surface area (Å²) in [7, 11) is 3.14. The number of likely N-dealkylation sites (N-methyl/N-ethyl adjacent to an activating group) is 1. The predicted octanol–water partition coefficient (Wildman–Crippen LogP) is 0.522. The summed E-state index contributed by atoms with van der Waals surface area (Å²) in [4.78, 5) is 53.8. The number of primary amides is 1. The Hall–Kier alpha value is -2.88. The first-order chi connectivity index (χ1) is 16.1. The average Bonchev–Trinajstić information content (AvgIpc) is 2.72. The van der Waals surface area contributed by atoms with Gasteiger partial charge in [-0.25, -0.2) is 0 Å². The van der Waals surface area contributed by atoms with Crippen LogP contribution < -0.4 is 5.73 Å². The van der Waals surface area contributed by atoms with Crippen molar-refractivity contribution in [1.82, 2.24) is 4.90 Å². The van der Waals surface area contributed by atoms with Crippen LogP contribution in [0.15, 0.2) is 45.8 Å². The number of aliphatic hydroxyl groups is 3. The van der Waals surface area contributed by atoms with Gasteiger partial charge in [0.05, 0.1) is 6.04 Å². The second kappa shape index (κ2) is 7.81. The number of hydrogen-bond donors (Lipinski definition) is 4. The number of rotatable bonds is 2. The molecule has 5 N–H and O–H groups in total.